The highest BCUT2D eigenvalue weighted by molar-refractivity contribution is 5.71. The number of fused-ring (bicyclic) bond motifs is 1. The molecule has 0 aliphatic rings. The number of rotatable bonds is 4. The van der Waals surface area contributed by atoms with Gasteiger partial charge in [0.05, 0.1) is 12.1 Å². The Kier molecular flexibility index (Phi) is 3.08. The van der Waals surface area contributed by atoms with E-state index in [0.717, 1.165) is 23.4 Å². The van der Waals surface area contributed by atoms with Gasteiger partial charge in [0.15, 0.2) is 5.65 Å². The number of aromatic nitrogens is 3. The summed E-state index contributed by atoms with van der Waals surface area (Å²) in [5.74, 6) is 2.07. The summed E-state index contributed by atoms with van der Waals surface area (Å²) in [5, 5.41) is 0. The van der Waals surface area contributed by atoms with Gasteiger partial charge in [-0.2, -0.15) is 4.98 Å². The maximum Gasteiger partial charge on any atom is 0.215 e. The van der Waals surface area contributed by atoms with Crippen LogP contribution in [0.5, 0.6) is 5.88 Å². The highest BCUT2D eigenvalue weighted by atomic mass is 16.5. The van der Waals surface area contributed by atoms with Crippen LogP contribution in [0.2, 0.25) is 0 Å². The lowest BCUT2D eigenvalue weighted by Gasteiger charge is -2.01. The van der Waals surface area contributed by atoms with E-state index in [1.807, 2.05) is 19.1 Å². The zero-order valence-corrected chi connectivity index (χ0v) is 9.95. The molecule has 1 atom stereocenters. The molecule has 0 amide bonds. The van der Waals surface area contributed by atoms with E-state index in [2.05, 4.69) is 28.8 Å². The second kappa shape index (κ2) is 4.51. The molecule has 2 rings (SSSR count). The summed E-state index contributed by atoms with van der Waals surface area (Å²) in [7, 11) is 0. The van der Waals surface area contributed by atoms with E-state index in [4.69, 9.17) is 4.74 Å². The second-order valence-electron chi connectivity index (χ2n) is 3.89. The fourth-order valence-corrected chi connectivity index (χ4v) is 1.55. The minimum Gasteiger partial charge on any atom is -0.478 e. The fraction of sp³-hybridized carbons (Fsp3) is 0.500. The highest BCUT2D eigenvalue weighted by Crippen LogP contribution is 2.20. The Morgan fingerprint density at radius 1 is 1.31 bits per heavy atom. The van der Waals surface area contributed by atoms with Gasteiger partial charge in [-0.15, -0.1) is 0 Å². The molecule has 1 N–H and O–H groups in total. The van der Waals surface area contributed by atoms with E-state index in [1.54, 1.807) is 0 Å². The number of nitrogens with one attached hydrogen (secondary N) is 1. The molecule has 0 saturated heterocycles. The Balaban J connectivity index is 2.38. The van der Waals surface area contributed by atoms with Crippen LogP contribution < -0.4 is 4.74 Å². The van der Waals surface area contributed by atoms with Gasteiger partial charge in [0.2, 0.25) is 5.88 Å². The van der Waals surface area contributed by atoms with Gasteiger partial charge in [0.1, 0.15) is 5.82 Å². The number of nitrogens with zero attached hydrogens (tertiary/aromatic N) is 2. The number of imidazole rings is 1. The zero-order valence-electron chi connectivity index (χ0n) is 9.95. The predicted octanol–water partition coefficient (Wildman–Crippen LogP) is 2.87. The molecule has 0 aliphatic heterocycles. The van der Waals surface area contributed by atoms with Crippen molar-refractivity contribution in [3.8, 4) is 5.88 Å². The molecule has 0 bridgehead atoms. The molecule has 0 spiro atoms. The third kappa shape index (κ3) is 2.01. The first-order valence-electron chi connectivity index (χ1n) is 5.74. The van der Waals surface area contributed by atoms with Crippen LogP contribution in [0.3, 0.4) is 0 Å². The van der Waals surface area contributed by atoms with Crippen LogP contribution in [0.25, 0.3) is 11.2 Å². The Morgan fingerprint density at radius 3 is 2.81 bits per heavy atom. The van der Waals surface area contributed by atoms with Crippen molar-refractivity contribution in [2.45, 2.75) is 33.1 Å². The van der Waals surface area contributed by atoms with Crippen LogP contribution in [0.15, 0.2) is 12.1 Å². The molecule has 2 aromatic rings. The number of hydrogen-bond donors (Lipinski definition) is 1. The molecular weight excluding hydrogens is 202 g/mol. The van der Waals surface area contributed by atoms with Crippen molar-refractivity contribution in [2.24, 2.45) is 0 Å². The minimum atomic E-state index is 0.435. The summed E-state index contributed by atoms with van der Waals surface area (Å²) in [6.07, 6.45) is 1.07. The van der Waals surface area contributed by atoms with Crippen molar-refractivity contribution in [1.82, 2.24) is 15.0 Å². The molecule has 4 heteroatoms. The largest absolute Gasteiger partial charge is 0.478 e. The molecule has 0 radical (unpaired) electrons. The SMILES string of the molecule is CCOc1ccc2[nH]c(C(C)CC)nc2n1. The molecule has 0 fully saturated rings. The fourth-order valence-electron chi connectivity index (χ4n) is 1.55. The van der Waals surface area contributed by atoms with Gasteiger partial charge < -0.3 is 9.72 Å². The Bertz CT molecular complexity index is 478. The summed E-state index contributed by atoms with van der Waals surface area (Å²) in [6, 6.07) is 3.83. The van der Waals surface area contributed by atoms with Crippen molar-refractivity contribution >= 4 is 11.2 Å². The van der Waals surface area contributed by atoms with Gasteiger partial charge in [-0.05, 0) is 19.4 Å². The second-order valence-corrected chi connectivity index (χ2v) is 3.89. The van der Waals surface area contributed by atoms with E-state index in [-0.39, 0.29) is 0 Å². The Morgan fingerprint density at radius 2 is 2.12 bits per heavy atom. The number of H-pyrrole nitrogens is 1. The third-order valence-corrected chi connectivity index (χ3v) is 2.71. The summed E-state index contributed by atoms with van der Waals surface area (Å²) in [4.78, 5) is 12.1. The van der Waals surface area contributed by atoms with Crippen LogP contribution in [0.1, 0.15) is 38.9 Å². The first-order valence-corrected chi connectivity index (χ1v) is 5.74. The van der Waals surface area contributed by atoms with Crippen LogP contribution in [0, 0.1) is 0 Å². The quantitative estimate of drug-likeness (QED) is 0.860. The van der Waals surface area contributed by atoms with Gasteiger partial charge in [-0.25, -0.2) is 4.98 Å². The summed E-state index contributed by atoms with van der Waals surface area (Å²) >= 11 is 0. The average molecular weight is 219 g/mol. The molecule has 86 valence electrons. The lowest BCUT2D eigenvalue weighted by Crippen LogP contribution is -1.94. The van der Waals surface area contributed by atoms with Gasteiger partial charge in [0.25, 0.3) is 0 Å². The topological polar surface area (TPSA) is 50.8 Å². The van der Waals surface area contributed by atoms with Crippen LogP contribution in [-0.4, -0.2) is 21.6 Å². The first kappa shape index (κ1) is 10.9. The van der Waals surface area contributed by atoms with E-state index in [9.17, 15) is 0 Å². The average Bonchev–Trinajstić information content (AvgIpc) is 2.71. The van der Waals surface area contributed by atoms with Gasteiger partial charge in [-0.3, -0.25) is 0 Å². The van der Waals surface area contributed by atoms with E-state index in [1.165, 1.54) is 0 Å². The van der Waals surface area contributed by atoms with Gasteiger partial charge in [0, 0.05) is 12.0 Å². The lowest BCUT2D eigenvalue weighted by molar-refractivity contribution is 0.328. The molecule has 2 heterocycles. The monoisotopic (exact) mass is 219 g/mol. The minimum absolute atomic E-state index is 0.435. The number of pyridine rings is 1. The maximum absolute atomic E-state index is 5.35. The van der Waals surface area contributed by atoms with Crippen molar-refractivity contribution < 1.29 is 4.74 Å². The van der Waals surface area contributed by atoms with Crippen molar-refractivity contribution in [3.63, 3.8) is 0 Å². The summed E-state index contributed by atoms with van der Waals surface area (Å²) < 4.78 is 5.35. The molecule has 4 nitrogen and oxygen atoms in total. The maximum atomic E-state index is 5.35. The molecular formula is C12H17N3O. The molecule has 1 unspecified atom stereocenters. The number of hydrogen-bond acceptors (Lipinski definition) is 3. The standard InChI is InChI=1S/C12H17N3O/c1-4-8(3)11-13-9-6-7-10(16-5-2)14-12(9)15-11/h6-8H,4-5H2,1-3H3,(H,13,14,15). The first-order chi connectivity index (χ1) is 7.74. The summed E-state index contributed by atoms with van der Waals surface area (Å²) in [5.41, 5.74) is 1.71. The molecule has 16 heavy (non-hydrogen) atoms. The van der Waals surface area contributed by atoms with Crippen molar-refractivity contribution in [2.75, 3.05) is 6.61 Å². The molecule has 2 aromatic heterocycles. The van der Waals surface area contributed by atoms with Crippen LogP contribution in [-0.2, 0) is 0 Å². The molecule has 0 aromatic carbocycles. The van der Waals surface area contributed by atoms with Crippen molar-refractivity contribution in [1.29, 1.82) is 0 Å². The van der Waals surface area contributed by atoms with Crippen LogP contribution >= 0.6 is 0 Å². The van der Waals surface area contributed by atoms with Gasteiger partial charge in [-0.1, -0.05) is 13.8 Å². The van der Waals surface area contributed by atoms with Crippen molar-refractivity contribution in [3.05, 3.63) is 18.0 Å². The van der Waals surface area contributed by atoms with Crippen LogP contribution in [0.4, 0.5) is 0 Å². The number of aromatic amines is 1. The molecule has 0 saturated carbocycles. The Labute approximate surface area is 95.1 Å². The zero-order chi connectivity index (χ0) is 11.5. The number of ether oxygens (including phenoxy) is 1. The van der Waals surface area contributed by atoms with Gasteiger partial charge >= 0.3 is 0 Å². The van der Waals surface area contributed by atoms with E-state index in [0.29, 0.717) is 18.4 Å². The van der Waals surface area contributed by atoms with E-state index < -0.39 is 0 Å². The smallest absolute Gasteiger partial charge is 0.215 e. The highest BCUT2D eigenvalue weighted by Gasteiger charge is 2.10. The third-order valence-electron chi connectivity index (χ3n) is 2.71. The van der Waals surface area contributed by atoms with E-state index >= 15 is 0 Å². The molecule has 0 aliphatic carbocycles. The summed E-state index contributed by atoms with van der Waals surface area (Å²) in [6.45, 7) is 6.88. The predicted molar refractivity (Wildman–Crippen MR) is 63.8 cm³/mol. The normalized spacial score (nSPS) is 12.9. The Hall–Kier alpha value is -1.58. The lowest BCUT2D eigenvalue weighted by atomic mass is 10.1.